The average molecular weight is 278 g/mol. The number of allylic oxidation sites excluding steroid dienone is 2. The summed E-state index contributed by atoms with van der Waals surface area (Å²) >= 11 is 7.58. The minimum atomic E-state index is -0.243. The molecule has 0 saturated carbocycles. The summed E-state index contributed by atoms with van der Waals surface area (Å²) in [5, 5.41) is 13.4. The van der Waals surface area contributed by atoms with E-state index in [0.717, 1.165) is 4.88 Å². The van der Waals surface area contributed by atoms with E-state index in [1.807, 2.05) is 17.5 Å². The Labute approximate surface area is 112 Å². The third-order valence-corrected chi connectivity index (χ3v) is 3.88. The number of hydrogen-bond donors (Lipinski definition) is 1. The number of hydrogen-bond acceptors (Lipinski definition) is 5. The van der Waals surface area contributed by atoms with Crippen LogP contribution in [0.25, 0.3) is 6.08 Å². The molecule has 0 bridgehead atoms. The summed E-state index contributed by atoms with van der Waals surface area (Å²) in [6, 6.07) is 5.87. The zero-order valence-electron chi connectivity index (χ0n) is 8.47. The third kappa shape index (κ3) is 3.03. The minimum Gasteiger partial charge on any atom is -0.307 e. The van der Waals surface area contributed by atoms with Gasteiger partial charge in [0.1, 0.15) is 4.32 Å². The topological polar surface area (TPSA) is 52.9 Å². The fraction of sp³-hybridized carbons (Fsp3) is 0. The van der Waals surface area contributed by atoms with Crippen molar-refractivity contribution in [2.75, 3.05) is 0 Å². The molecule has 3 nitrogen and oxygen atoms in total. The summed E-state index contributed by atoms with van der Waals surface area (Å²) in [4.78, 5) is 12.9. The van der Waals surface area contributed by atoms with E-state index < -0.39 is 0 Å². The number of carbonyl (C=O) groups is 1. The Hall–Kier alpha value is -1.42. The van der Waals surface area contributed by atoms with Gasteiger partial charge in [-0.05, 0) is 23.6 Å². The highest BCUT2D eigenvalue weighted by Crippen LogP contribution is 2.25. The smallest absolute Gasteiger partial charge is 0.263 e. The van der Waals surface area contributed by atoms with E-state index in [-0.39, 0.29) is 5.91 Å². The second-order valence-corrected chi connectivity index (χ2v) is 5.78. The molecule has 84 valence electrons. The van der Waals surface area contributed by atoms with Gasteiger partial charge in [-0.15, -0.1) is 11.3 Å². The first kappa shape index (κ1) is 12.0. The lowest BCUT2D eigenvalue weighted by Crippen LogP contribution is -2.17. The largest absolute Gasteiger partial charge is 0.307 e. The molecule has 6 heteroatoms. The molecule has 0 aliphatic carbocycles. The second kappa shape index (κ2) is 5.27. The van der Waals surface area contributed by atoms with Crippen LogP contribution in [-0.2, 0) is 4.79 Å². The summed E-state index contributed by atoms with van der Waals surface area (Å²) < 4.78 is 0.426. The number of nitrogens with one attached hydrogen (secondary N) is 1. The average Bonchev–Trinajstić information content (AvgIpc) is 2.88. The number of rotatable bonds is 2. The lowest BCUT2D eigenvalue weighted by molar-refractivity contribution is -0.115. The van der Waals surface area contributed by atoms with E-state index in [1.165, 1.54) is 23.1 Å². The molecule has 1 aromatic rings. The molecule has 0 aromatic carbocycles. The zero-order chi connectivity index (χ0) is 12.3. The van der Waals surface area contributed by atoms with Crippen molar-refractivity contribution in [2.45, 2.75) is 0 Å². The predicted octanol–water partition coefficient (Wildman–Crippen LogP) is 2.69. The Morgan fingerprint density at radius 1 is 1.59 bits per heavy atom. The van der Waals surface area contributed by atoms with Gasteiger partial charge < -0.3 is 5.32 Å². The van der Waals surface area contributed by atoms with E-state index in [0.29, 0.717) is 14.8 Å². The number of thioether (sulfide) groups is 1. The molecule has 1 fully saturated rings. The second-order valence-electron chi connectivity index (χ2n) is 3.08. The molecule has 17 heavy (non-hydrogen) atoms. The van der Waals surface area contributed by atoms with Gasteiger partial charge in [0.15, 0.2) is 0 Å². The Morgan fingerprint density at radius 2 is 2.41 bits per heavy atom. The molecule has 0 atom stereocenters. The van der Waals surface area contributed by atoms with Crippen molar-refractivity contribution in [3.63, 3.8) is 0 Å². The van der Waals surface area contributed by atoms with Crippen molar-refractivity contribution in [3.8, 4) is 6.07 Å². The van der Waals surface area contributed by atoms with Crippen LogP contribution in [0.15, 0.2) is 34.1 Å². The Morgan fingerprint density at radius 3 is 2.94 bits per heavy atom. The van der Waals surface area contributed by atoms with E-state index in [2.05, 4.69) is 11.4 Å². The maximum atomic E-state index is 11.4. The van der Waals surface area contributed by atoms with Gasteiger partial charge in [-0.25, -0.2) is 0 Å². The van der Waals surface area contributed by atoms with Crippen LogP contribution in [0.4, 0.5) is 0 Å². The number of carbonyl (C=O) groups excluding carboxylic acids is 1. The molecule has 2 rings (SSSR count). The number of nitrogens with zero attached hydrogens (tertiary/aromatic N) is 1. The van der Waals surface area contributed by atoms with Crippen molar-refractivity contribution in [1.29, 1.82) is 5.26 Å². The molecule has 1 aromatic heterocycles. The van der Waals surface area contributed by atoms with Gasteiger partial charge >= 0.3 is 0 Å². The molecule has 1 aliphatic heterocycles. The molecule has 0 spiro atoms. The summed E-state index contributed by atoms with van der Waals surface area (Å²) in [5.74, 6) is -0.243. The lowest BCUT2D eigenvalue weighted by atomic mass is 10.2. The number of thiophene rings is 1. The summed E-state index contributed by atoms with van der Waals surface area (Å²) in [7, 11) is 0. The van der Waals surface area contributed by atoms with Gasteiger partial charge in [0.25, 0.3) is 5.91 Å². The standard InChI is InChI=1S/C11H6N2OS3/c12-6-7(4-8-2-1-3-16-8)5-9-10(14)13-11(15)17-9/h1-5H,(H,13,14,15)/b7-4-,9-5-. The van der Waals surface area contributed by atoms with Crippen LogP contribution < -0.4 is 5.32 Å². The maximum absolute atomic E-state index is 11.4. The normalized spacial score (nSPS) is 18.3. The SMILES string of the molecule is N#CC(=C\c1cccs1)/C=C1\SC(=S)NC1=O. The third-order valence-electron chi connectivity index (χ3n) is 1.90. The lowest BCUT2D eigenvalue weighted by Gasteiger charge is -1.91. The van der Waals surface area contributed by atoms with E-state index in [4.69, 9.17) is 17.5 Å². The highest BCUT2D eigenvalue weighted by atomic mass is 32.2. The van der Waals surface area contributed by atoms with Crippen molar-refractivity contribution >= 4 is 51.6 Å². The quantitative estimate of drug-likeness (QED) is 0.513. The molecule has 1 amide bonds. The Kier molecular flexibility index (Phi) is 3.74. The molecule has 0 unspecified atom stereocenters. The molecule has 0 radical (unpaired) electrons. The zero-order valence-corrected chi connectivity index (χ0v) is 10.9. The van der Waals surface area contributed by atoms with Gasteiger partial charge in [-0.1, -0.05) is 30.0 Å². The number of nitriles is 1. The van der Waals surface area contributed by atoms with Crippen LogP contribution in [0.2, 0.25) is 0 Å². The van der Waals surface area contributed by atoms with Crippen molar-refractivity contribution in [3.05, 3.63) is 38.9 Å². The molecular formula is C11H6N2OS3. The van der Waals surface area contributed by atoms with Crippen molar-refractivity contribution in [1.82, 2.24) is 5.32 Å². The monoisotopic (exact) mass is 278 g/mol. The predicted molar refractivity (Wildman–Crippen MR) is 74.3 cm³/mol. The first-order chi connectivity index (χ1) is 8.19. The summed E-state index contributed by atoms with van der Waals surface area (Å²) in [6.07, 6.45) is 3.30. The minimum absolute atomic E-state index is 0.243. The fourth-order valence-corrected chi connectivity index (χ4v) is 2.90. The molecule has 2 heterocycles. The Bertz CT molecular complexity index is 564. The molecule has 1 saturated heterocycles. The van der Waals surface area contributed by atoms with E-state index in [1.54, 1.807) is 12.2 Å². The van der Waals surface area contributed by atoms with E-state index in [9.17, 15) is 4.79 Å². The molecule has 1 aliphatic rings. The van der Waals surface area contributed by atoms with Crippen LogP contribution in [0, 0.1) is 11.3 Å². The van der Waals surface area contributed by atoms with Crippen LogP contribution in [0.5, 0.6) is 0 Å². The van der Waals surface area contributed by atoms with Gasteiger partial charge in [-0.2, -0.15) is 5.26 Å². The van der Waals surface area contributed by atoms with Crippen LogP contribution in [-0.4, -0.2) is 10.2 Å². The van der Waals surface area contributed by atoms with Gasteiger partial charge in [0.2, 0.25) is 0 Å². The fourth-order valence-electron chi connectivity index (χ4n) is 1.20. The van der Waals surface area contributed by atoms with Crippen molar-refractivity contribution < 1.29 is 4.79 Å². The number of amides is 1. The maximum Gasteiger partial charge on any atom is 0.263 e. The highest BCUT2D eigenvalue weighted by molar-refractivity contribution is 8.26. The highest BCUT2D eigenvalue weighted by Gasteiger charge is 2.22. The Balaban J connectivity index is 2.27. The van der Waals surface area contributed by atoms with Crippen LogP contribution >= 0.6 is 35.3 Å². The van der Waals surface area contributed by atoms with Gasteiger partial charge in [0.05, 0.1) is 16.5 Å². The van der Waals surface area contributed by atoms with Crippen molar-refractivity contribution in [2.24, 2.45) is 0 Å². The van der Waals surface area contributed by atoms with Crippen LogP contribution in [0.3, 0.4) is 0 Å². The van der Waals surface area contributed by atoms with Gasteiger partial charge in [-0.3, -0.25) is 4.79 Å². The van der Waals surface area contributed by atoms with E-state index >= 15 is 0 Å². The molecule has 1 N–H and O–H groups in total. The summed E-state index contributed by atoms with van der Waals surface area (Å²) in [5.41, 5.74) is 0.440. The van der Waals surface area contributed by atoms with Gasteiger partial charge in [0, 0.05) is 4.88 Å². The van der Waals surface area contributed by atoms with Crippen LogP contribution in [0.1, 0.15) is 4.88 Å². The first-order valence-corrected chi connectivity index (χ1v) is 6.69. The number of thiocarbonyl (C=S) groups is 1. The molecular weight excluding hydrogens is 272 g/mol. The summed E-state index contributed by atoms with van der Waals surface area (Å²) in [6.45, 7) is 0. The first-order valence-electron chi connectivity index (χ1n) is 4.59.